The van der Waals surface area contributed by atoms with Gasteiger partial charge in [0.25, 0.3) is 5.69 Å². The van der Waals surface area contributed by atoms with Gasteiger partial charge in [0, 0.05) is 52.1 Å². The number of non-ortho nitro benzene ring substituents is 1. The second-order valence-corrected chi connectivity index (χ2v) is 8.05. The van der Waals surface area contributed by atoms with E-state index < -0.39 is 71.6 Å². The SMILES string of the molecule is CC(=O)OC[C@@H](OC(C)=O)[C@H](OC(C)=O)[C@H](OC(C)=O)[C@@H](OC(C)=O)C(=O)c1n[nH]c2cc([N+](=O)[O-])ccc12. The Balaban J connectivity index is 2.68. The van der Waals surface area contributed by atoms with E-state index in [-0.39, 0.29) is 22.3 Å². The van der Waals surface area contributed by atoms with Gasteiger partial charge < -0.3 is 23.7 Å². The largest absolute Gasteiger partial charge is 0.462 e. The van der Waals surface area contributed by atoms with E-state index in [1.54, 1.807) is 0 Å². The van der Waals surface area contributed by atoms with Crippen LogP contribution < -0.4 is 0 Å². The number of ketones is 1. The molecular formula is C23H25N3O13. The zero-order chi connectivity index (χ0) is 29.4. The Morgan fingerprint density at radius 1 is 0.846 bits per heavy atom. The average molecular weight is 551 g/mol. The number of benzene rings is 1. The second kappa shape index (κ2) is 13.1. The van der Waals surface area contributed by atoms with Gasteiger partial charge in [0.05, 0.1) is 10.4 Å². The molecule has 0 unspecified atom stereocenters. The molecule has 1 heterocycles. The Kier molecular flexibility index (Phi) is 10.2. The van der Waals surface area contributed by atoms with Crippen molar-refractivity contribution in [3.8, 4) is 0 Å². The van der Waals surface area contributed by atoms with Crippen LogP contribution in [0.5, 0.6) is 0 Å². The molecule has 4 atom stereocenters. The maximum atomic E-state index is 13.7. The number of nitro groups is 1. The molecule has 0 fully saturated rings. The highest BCUT2D eigenvalue weighted by Crippen LogP contribution is 2.27. The van der Waals surface area contributed by atoms with Crippen molar-refractivity contribution < 1.29 is 57.4 Å². The molecule has 1 N–H and O–H groups in total. The van der Waals surface area contributed by atoms with E-state index in [4.69, 9.17) is 23.7 Å². The molecule has 16 nitrogen and oxygen atoms in total. The van der Waals surface area contributed by atoms with Crippen molar-refractivity contribution in [2.24, 2.45) is 0 Å². The lowest BCUT2D eigenvalue weighted by Gasteiger charge is -2.34. The van der Waals surface area contributed by atoms with Crippen molar-refractivity contribution in [3.63, 3.8) is 0 Å². The minimum Gasteiger partial charge on any atom is -0.462 e. The van der Waals surface area contributed by atoms with Crippen LogP contribution in [0.15, 0.2) is 18.2 Å². The molecule has 210 valence electrons. The quantitative estimate of drug-likeness (QED) is 0.128. The van der Waals surface area contributed by atoms with Gasteiger partial charge in [-0.3, -0.25) is 44.0 Å². The summed E-state index contributed by atoms with van der Waals surface area (Å²) in [6.07, 6.45) is -7.42. The molecule has 2 rings (SSSR count). The van der Waals surface area contributed by atoms with Gasteiger partial charge in [-0.1, -0.05) is 0 Å². The summed E-state index contributed by atoms with van der Waals surface area (Å²) in [5.41, 5.74) is -0.583. The summed E-state index contributed by atoms with van der Waals surface area (Å²) < 4.78 is 25.7. The molecule has 0 saturated carbocycles. The van der Waals surface area contributed by atoms with Gasteiger partial charge in [-0.15, -0.1) is 0 Å². The first-order valence-corrected chi connectivity index (χ1v) is 11.2. The summed E-state index contributed by atoms with van der Waals surface area (Å²) in [5.74, 6) is -5.81. The predicted molar refractivity (Wildman–Crippen MR) is 126 cm³/mol. The number of hydrogen-bond acceptors (Lipinski definition) is 14. The third kappa shape index (κ3) is 8.31. The van der Waals surface area contributed by atoms with Crippen LogP contribution in [0.4, 0.5) is 5.69 Å². The molecule has 1 aromatic carbocycles. The van der Waals surface area contributed by atoms with E-state index in [0.717, 1.165) is 46.8 Å². The van der Waals surface area contributed by atoms with E-state index in [9.17, 15) is 38.9 Å². The van der Waals surface area contributed by atoms with E-state index in [1.807, 2.05) is 0 Å². The normalized spacial score (nSPS) is 13.8. The van der Waals surface area contributed by atoms with Crippen molar-refractivity contribution >= 4 is 52.2 Å². The van der Waals surface area contributed by atoms with E-state index in [0.29, 0.717) is 0 Å². The lowest BCUT2D eigenvalue weighted by atomic mass is 9.96. The lowest BCUT2D eigenvalue weighted by molar-refractivity contribution is -0.384. The monoisotopic (exact) mass is 551 g/mol. The number of nitrogens with zero attached hydrogens (tertiary/aromatic N) is 2. The number of carbonyl (C=O) groups is 6. The van der Waals surface area contributed by atoms with Gasteiger partial charge in [0.1, 0.15) is 12.3 Å². The maximum Gasteiger partial charge on any atom is 0.303 e. The maximum absolute atomic E-state index is 13.7. The fourth-order valence-electron chi connectivity index (χ4n) is 3.54. The van der Waals surface area contributed by atoms with Gasteiger partial charge >= 0.3 is 29.8 Å². The summed E-state index contributed by atoms with van der Waals surface area (Å²) >= 11 is 0. The third-order valence-corrected chi connectivity index (χ3v) is 4.90. The van der Waals surface area contributed by atoms with Crippen LogP contribution in [0.25, 0.3) is 10.9 Å². The summed E-state index contributed by atoms with van der Waals surface area (Å²) in [5, 5.41) is 17.5. The number of H-pyrrole nitrogens is 1. The zero-order valence-corrected chi connectivity index (χ0v) is 21.5. The number of ether oxygens (including phenoxy) is 5. The molecule has 0 bridgehead atoms. The molecule has 0 radical (unpaired) electrons. The topological polar surface area (TPSA) is 220 Å². The van der Waals surface area contributed by atoms with Crippen molar-refractivity contribution in [3.05, 3.63) is 34.0 Å². The third-order valence-electron chi connectivity index (χ3n) is 4.90. The van der Waals surface area contributed by atoms with Crippen LogP contribution in [-0.2, 0) is 47.7 Å². The standard InChI is InChI=1S/C23H25N3O13/c1-10(27)35-9-18(36-11(2)28)21(37-12(3)29)23(39-14(5)31)22(38-13(4)30)20(32)19-16-7-6-15(26(33)34)8-17(16)24-25-19/h6-8,18,21-23H,9H2,1-5H3,(H,24,25)/t18-,21+,22+,23+/m1/s1. The first-order chi connectivity index (χ1) is 18.2. The highest BCUT2D eigenvalue weighted by atomic mass is 16.6. The summed E-state index contributed by atoms with van der Waals surface area (Å²) in [6.45, 7) is 4.21. The summed E-state index contributed by atoms with van der Waals surface area (Å²) in [7, 11) is 0. The Bertz CT molecular complexity index is 1300. The van der Waals surface area contributed by atoms with Crippen molar-refractivity contribution in [1.82, 2.24) is 10.2 Å². The van der Waals surface area contributed by atoms with Crippen molar-refractivity contribution in [2.45, 2.75) is 59.0 Å². The van der Waals surface area contributed by atoms with Gasteiger partial charge in [-0.05, 0) is 6.07 Å². The molecule has 16 heteroatoms. The number of hydrogen-bond donors (Lipinski definition) is 1. The number of nitrogens with one attached hydrogen (secondary N) is 1. The molecule has 0 aliphatic heterocycles. The number of aromatic nitrogens is 2. The minimum atomic E-state index is -2.03. The van der Waals surface area contributed by atoms with Gasteiger partial charge in [0.2, 0.25) is 11.9 Å². The Labute approximate surface area is 220 Å². The molecule has 0 amide bonds. The second-order valence-electron chi connectivity index (χ2n) is 8.05. The zero-order valence-electron chi connectivity index (χ0n) is 21.5. The first-order valence-electron chi connectivity index (χ1n) is 11.2. The Hall–Kier alpha value is -4.89. The van der Waals surface area contributed by atoms with Crippen LogP contribution in [0.1, 0.15) is 45.1 Å². The van der Waals surface area contributed by atoms with Gasteiger partial charge in [0.15, 0.2) is 18.3 Å². The van der Waals surface area contributed by atoms with E-state index in [1.165, 1.54) is 6.07 Å². The van der Waals surface area contributed by atoms with E-state index in [2.05, 4.69) is 10.2 Å². The number of esters is 5. The van der Waals surface area contributed by atoms with Crippen LogP contribution >= 0.6 is 0 Å². The van der Waals surface area contributed by atoms with E-state index >= 15 is 0 Å². The minimum absolute atomic E-state index is 0.0855. The fraction of sp³-hybridized carbons (Fsp3) is 0.435. The average Bonchev–Trinajstić information content (AvgIpc) is 3.24. The van der Waals surface area contributed by atoms with Crippen LogP contribution in [0, 0.1) is 10.1 Å². The molecule has 0 spiro atoms. The van der Waals surface area contributed by atoms with Crippen molar-refractivity contribution in [1.29, 1.82) is 0 Å². The van der Waals surface area contributed by atoms with Gasteiger partial charge in [-0.2, -0.15) is 5.10 Å². The predicted octanol–water partition coefficient (Wildman–Crippen LogP) is 0.944. The number of fused-ring (bicyclic) bond motifs is 1. The number of aromatic amines is 1. The molecule has 2 aromatic rings. The van der Waals surface area contributed by atoms with Gasteiger partial charge in [-0.25, -0.2) is 0 Å². The highest BCUT2D eigenvalue weighted by molar-refractivity contribution is 6.09. The lowest BCUT2D eigenvalue weighted by Crippen LogP contribution is -2.55. The molecule has 39 heavy (non-hydrogen) atoms. The summed E-state index contributed by atoms with van der Waals surface area (Å²) in [4.78, 5) is 83.4. The number of rotatable bonds is 12. The van der Waals surface area contributed by atoms with Crippen molar-refractivity contribution in [2.75, 3.05) is 6.61 Å². The molecule has 0 saturated heterocycles. The number of carbonyl (C=O) groups excluding carboxylic acids is 6. The van der Waals surface area contributed by atoms with Crippen LogP contribution in [0.3, 0.4) is 0 Å². The smallest absolute Gasteiger partial charge is 0.303 e. The number of Topliss-reactive ketones (excluding diaryl/α,β-unsaturated/α-hetero) is 1. The number of nitro benzene ring substituents is 1. The molecule has 0 aliphatic rings. The molecular weight excluding hydrogens is 526 g/mol. The van der Waals surface area contributed by atoms with Crippen LogP contribution in [-0.4, -0.2) is 81.8 Å². The van der Waals surface area contributed by atoms with Crippen LogP contribution in [0.2, 0.25) is 0 Å². The Morgan fingerprint density at radius 3 is 1.92 bits per heavy atom. The Morgan fingerprint density at radius 2 is 1.41 bits per heavy atom. The molecule has 1 aromatic heterocycles. The first kappa shape index (κ1) is 30.3. The fourth-order valence-corrected chi connectivity index (χ4v) is 3.54. The molecule has 0 aliphatic carbocycles. The summed E-state index contributed by atoms with van der Waals surface area (Å²) in [6, 6.07) is 3.44. The highest BCUT2D eigenvalue weighted by Gasteiger charge is 2.47.